The van der Waals surface area contributed by atoms with E-state index in [2.05, 4.69) is 4.72 Å². The average Bonchev–Trinajstić information content (AvgIpc) is 2.89. The molecule has 1 amide bonds. The zero-order valence-corrected chi connectivity index (χ0v) is 12.4. The van der Waals surface area contributed by atoms with Gasteiger partial charge < -0.3 is 10.6 Å². The van der Waals surface area contributed by atoms with Gasteiger partial charge >= 0.3 is 0 Å². The van der Waals surface area contributed by atoms with Crippen LogP contribution in [0.4, 0.5) is 5.69 Å². The fraction of sp³-hybridized carbons (Fsp3) is 0.417. The molecule has 20 heavy (non-hydrogen) atoms. The van der Waals surface area contributed by atoms with Crippen molar-refractivity contribution in [3.63, 3.8) is 0 Å². The van der Waals surface area contributed by atoms with Crippen molar-refractivity contribution < 1.29 is 13.2 Å². The van der Waals surface area contributed by atoms with Gasteiger partial charge in [0.1, 0.15) is 4.90 Å². The van der Waals surface area contributed by atoms with Crippen LogP contribution in [0.25, 0.3) is 0 Å². The molecule has 0 saturated carbocycles. The average molecular weight is 318 g/mol. The lowest BCUT2D eigenvalue weighted by atomic mass is 10.3. The fourth-order valence-corrected chi connectivity index (χ4v) is 3.34. The number of nitrogens with zero attached hydrogens (tertiary/aromatic N) is 1. The molecule has 0 bridgehead atoms. The van der Waals surface area contributed by atoms with E-state index in [0.717, 1.165) is 12.8 Å². The lowest BCUT2D eigenvalue weighted by Gasteiger charge is -2.16. The van der Waals surface area contributed by atoms with E-state index in [9.17, 15) is 13.2 Å². The first-order chi connectivity index (χ1) is 9.40. The molecule has 1 aliphatic heterocycles. The second-order valence-electron chi connectivity index (χ2n) is 4.59. The van der Waals surface area contributed by atoms with E-state index in [4.69, 9.17) is 17.3 Å². The topological polar surface area (TPSA) is 92.5 Å². The Balaban J connectivity index is 2.05. The second-order valence-corrected chi connectivity index (χ2v) is 6.77. The number of hydrogen-bond acceptors (Lipinski definition) is 4. The summed E-state index contributed by atoms with van der Waals surface area (Å²) < 4.78 is 26.4. The van der Waals surface area contributed by atoms with E-state index < -0.39 is 10.0 Å². The normalized spacial score (nSPS) is 15.6. The van der Waals surface area contributed by atoms with Crippen molar-refractivity contribution in [2.75, 3.05) is 25.4 Å². The molecule has 0 radical (unpaired) electrons. The molecule has 8 heteroatoms. The molecular weight excluding hydrogens is 302 g/mol. The monoisotopic (exact) mass is 317 g/mol. The van der Waals surface area contributed by atoms with Gasteiger partial charge in [-0.05, 0) is 31.0 Å². The molecule has 2 rings (SSSR count). The smallest absolute Gasteiger partial charge is 0.243 e. The highest BCUT2D eigenvalue weighted by atomic mass is 35.5. The first kappa shape index (κ1) is 15.1. The maximum absolute atomic E-state index is 12.1. The molecule has 0 aromatic heterocycles. The standard InChI is InChI=1S/C12H16ClN3O3S/c13-9-3-4-11(10(14)7-9)20(18,19)15-8-12(17)16-5-1-2-6-16/h3-4,7,15H,1-2,5-6,8,14H2. The highest BCUT2D eigenvalue weighted by molar-refractivity contribution is 7.89. The molecule has 3 N–H and O–H groups in total. The zero-order valence-electron chi connectivity index (χ0n) is 10.8. The summed E-state index contributed by atoms with van der Waals surface area (Å²) in [6, 6.07) is 4.12. The summed E-state index contributed by atoms with van der Waals surface area (Å²) in [5.74, 6) is -0.224. The van der Waals surface area contributed by atoms with Crippen LogP contribution in [0.1, 0.15) is 12.8 Å². The van der Waals surface area contributed by atoms with Crippen LogP contribution in [-0.2, 0) is 14.8 Å². The first-order valence-corrected chi connectivity index (χ1v) is 8.09. The van der Waals surface area contributed by atoms with Crippen LogP contribution in [0.2, 0.25) is 5.02 Å². The van der Waals surface area contributed by atoms with Crippen molar-refractivity contribution >= 4 is 33.2 Å². The Kier molecular flexibility index (Phi) is 4.52. The van der Waals surface area contributed by atoms with Crippen LogP contribution in [0.15, 0.2) is 23.1 Å². The van der Waals surface area contributed by atoms with E-state index in [1.54, 1.807) is 4.90 Å². The summed E-state index contributed by atoms with van der Waals surface area (Å²) >= 11 is 5.72. The molecule has 110 valence electrons. The molecule has 0 spiro atoms. The number of halogens is 1. The van der Waals surface area contributed by atoms with Gasteiger partial charge in [-0.25, -0.2) is 13.1 Å². The van der Waals surface area contributed by atoms with E-state index in [1.165, 1.54) is 18.2 Å². The number of nitrogen functional groups attached to an aromatic ring is 1. The molecule has 1 aromatic rings. The number of likely N-dealkylation sites (tertiary alicyclic amines) is 1. The first-order valence-electron chi connectivity index (χ1n) is 6.22. The van der Waals surface area contributed by atoms with Crippen molar-refractivity contribution in [3.05, 3.63) is 23.2 Å². The second kappa shape index (κ2) is 5.99. The van der Waals surface area contributed by atoms with E-state index in [-0.39, 0.29) is 23.0 Å². The van der Waals surface area contributed by atoms with Crippen LogP contribution < -0.4 is 10.5 Å². The van der Waals surface area contributed by atoms with Gasteiger partial charge in [0.15, 0.2) is 0 Å². The SMILES string of the molecule is Nc1cc(Cl)ccc1S(=O)(=O)NCC(=O)N1CCCC1. The number of nitrogens with one attached hydrogen (secondary N) is 1. The van der Waals surface area contributed by atoms with Crippen LogP contribution in [0, 0.1) is 0 Å². The summed E-state index contributed by atoms with van der Waals surface area (Å²) in [4.78, 5) is 13.4. The maximum Gasteiger partial charge on any atom is 0.243 e. The Morgan fingerprint density at radius 1 is 1.35 bits per heavy atom. The summed E-state index contributed by atoms with van der Waals surface area (Å²) in [6.07, 6.45) is 1.92. The third kappa shape index (κ3) is 3.41. The van der Waals surface area contributed by atoms with Crippen LogP contribution in [-0.4, -0.2) is 38.9 Å². The number of rotatable bonds is 4. The summed E-state index contributed by atoms with van der Waals surface area (Å²) in [6.45, 7) is 1.11. The van der Waals surface area contributed by atoms with Gasteiger partial charge in [-0.3, -0.25) is 4.79 Å². The number of hydrogen-bond donors (Lipinski definition) is 2. The van der Waals surface area contributed by atoms with Crippen LogP contribution >= 0.6 is 11.6 Å². The molecule has 6 nitrogen and oxygen atoms in total. The molecule has 0 unspecified atom stereocenters. The molecule has 1 aliphatic rings. The number of benzene rings is 1. The minimum absolute atomic E-state index is 0.0543. The lowest BCUT2D eigenvalue weighted by Crippen LogP contribution is -2.38. The van der Waals surface area contributed by atoms with Gasteiger partial charge in [0.2, 0.25) is 15.9 Å². The molecular formula is C12H16ClN3O3S. The summed E-state index contributed by atoms with van der Waals surface area (Å²) in [7, 11) is -3.81. The molecule has 0 aliphatic carbocycles. The number of amides is 1. The highest BCUT2D eigenvalue weighted by Gasteiger charge is 2.22. The minimum Gasteiger partial charge on any atom is -0.398 e. The largest absolute Gasteiger partial charge is 0.398 e. The third-order valence-electron chi connectivity index (χ3n) is 3.13. The Labute approximate surface area is 122 Å². The van der Waals surface area contributed by atoms with Crippen molar-refractivity contribution in [2.45, 2.75) is 17.7 Å². The van der Waals surface area contributed by atoms with Gasteiger partial charge in [-0.2, -0.15) is 0 Å². The minimum atomic E-state index is -3.81. The maximum atomic E-state index is 12.1. The third-order valence-corrected chi connectivity index (χ3v) is 4.84. The zero-order chi connectivity index (χ0) is 14.8. The van der Waals surface area contributed by atoms with Gasteiger partial charge in [-0.1, -0.05) is 11.6 Å². The highest BCUT2D eigenvalue weighted by Crippen LogP contribution is 2.22. The lowest BCUT2D eigenvalue weighted by molar-refractivity contribution is -0.128. The Morgan fingerprint density at radius 2 is 2.00 bits per heavy atom. The van der Waals surface area contributed by atoms with E-state index in [0.29, 0.717) is 18.1 Å². The summed E-state index contributed by atoms with van der Waals surface area (Å²) in [5.41, 5.74) is 5.69. The van der Waals surface area contributed by atoms with Gasteiger partial charge in [-0.15, -0.1) is 0 Å². The predicted octanol–water partition coefficient (Wildman–Crippen LogP) is 0.823. The van der Waals surface area contributed by atoms with Crippen LogP contribution in [0.5, 0.6) is 0 Å². The number of anilines is 1. The number of carbonyl (C=O) groups excluding carboxylic acids is 1. The summed E-state index contributed by atoms with van der Waals surface area (Å²) in [5, 5.41) is 0.356. The van der Waals surface area contributed by atoms with E-state index >= 15 is 0 Å². The fourth-order valence-electron chi connectivity index (χ4n) is 2.08. The van der Waals surface area contributed by atoms with Crippen molar-refractivity contribution in [2.24, 2.45) is 0 Å². The number of sulfonamides is 1. The van der Waals surface area contributed by atoms with Crippen molar-refractivity contribution in [1.82, 2.24) is 9.62 Å². The molecule has 1 aromatic carbocycles. The van der Waals surface area contributed by atoms with Gasteiger partial charge in [0, 0.05) is 18.1 Å². The molecule has 1 fully saturated rings. The van der Waals surface area contributed by atoms with E-state index in [1.807, 2.05) is 0 Å². The number of carbonyl (C=O) groups is 1. The molecule has 1 heterocycles. The Hall–Kier alpha value is -1.31. The van der Waals surface area contributed by atoms with Crippen molar-refractivity contribution in [3.8, 4) is 0 Å². The predicted molar refractivity (Wildman–Crippen MR) is 76.9 cm³/mol. The molecule has 0 atom stereocenters. The van der Waals surface area contributed by atoms with Gasteiger partial charge in [0.05, 0.1) is 12.2 Å². The van der Waals surface area contributed by atoms with Crippen LogP contribution in [0.3, 0.4) is 0 Å². The van der Waals surface area contributed by atoms with Crippen molar-refractivity contribution in [1.29, 1.82) is 0 Å². The number of nitrogens with two attached hydrogens (primary N) is 1. The Bertz CT molecular complexity index is 612. The Morgan fingerprint density at radius 3 is 2.60 bits per heavy atom. The van der Waals surface area contributed by atoms with Gasteiger partial charge in [0.25, 0.3) is 0 Å². The molecule has 1 saturated heterocycles. The quantitative estimate of drug-likeness (QED) is 0.804.